The largest absolute Gasteiger partial charge is 0.493 e. The maximum absolute atomic E-state index is 14.9. The van der Waals surface area contributed by atoms with E-state index in [1.54, 1.807) is 13.2 Å². The first kappa shape index (κ1) is 58.0. The van der Waals surface area contributed by atoms with Crippen molar-refractivity contribution in [3.8, 4) is 11.6 Å². The second-order valence-electron chi connectivity index (χ2n) is 25.3. The number of piperazine rings is 1. The number of hydrogen-bond acceptors (Lipinski definition) is 18. The molecule has 5 aliphatic heterocycles. The lowest BCUT2D eigenvalue weighted by Crippen LogP contribution is -2.64. The predicted octanol–water partition coefficient (Wildman–Crippen LogP) is 8.73. The Kier molecular flexibility index (Phi) is 15.9. The number of pyridine rings is 2. The number of carbonyl (C=O) groups is 1. The monoisotopic (exact) mass is 1190 g/mol. The summed E-state index contributed by atoms with van der Waals surface area (Å²) in [6, 6.07) is 24.5. The number of aromatic nitrogens is 3. The van der Waals surface area contributed by atoms with Crippen LogP contribution >= 0.6 is 0 Å². The van der Waals surface area contributed by atoms with Crippen molar-refractivity contribution in [1.29, 1.82) is 0 Å². The molecule has 4 N–H and O–H groups in total. The van der Waals surface area contributed by atoms with Gasteiger partial charge in [0, 0.05) is 107 Å². The third-order valence-corrected chi connectivity index (χ3v) is 21.5. The van der Waals surface area contributed by atoms with E-state index in [0.717, 1.165) is 119 Å². The SMILES string of the molecule is COc1cc(CN2CCN([C@H]3CC4(CCN(c5ccc(C(=O)NS(=O)(=O)c6ccc(NC[C@H]7CC[C@](C)(O)CC7)c([N+](=O)[O-])c6)c(N6c7cc8cc[nH]c8nc7O[C@H]7COCC[C@@H]76)c5)CC4)[C@H]3C)[C@H](c3ccccc3C)C2)cnc1N1CCOCC1. The summed E-state index contributed by atoms with van der Waals surface area (Å²) in [4.78, 5) is 51.4. The Morgan fingerprint density at radius 2 is 1.71 bits per heavy atom. The Bertz CT molecular complexity index is 3610. The van der Waals surface area contributed by atoms with Crippen LogP contribution in [-0.4, -0.2) is 159 Å². The van der Waals surface area contributed by atoms with Gasteiger partial charge in [-0.15, -0.1) is 0 Å². The number of sulfonamides is 1. The van der Waals surface area contributed by atoms with Gasteiger partial charge in [-0.25, -0.2) is 18.1 Å². The van der Waals surface area contributed by atoms with Crippen LogP contribution in [0.15, 0.2) is 96.2 Å². The third kappa shape index (κ3) is 11.3. The van der Waals surface area contributed by atoms with Gasteiger partial charge in [0.2, 0.25) is 5.88 Å². The van der Waals surface area contributed by atoms with Crippen molar-refractivity contribution in [3.63, 3.8) is 0 Å². The molecule has 1 spiro atoms. The molecule has 3 aromatic carbocycles. The molecule has 4 saturated heterocycles. The summed E-state index contributed by atoms with van der Waals surface area (Å²) in [5.74, 6) is 1.79. The van der Waals surface area contributed by atoms with Gasteiger partial charge < -0.3 is 49.1 Å². The van der Waals surface area contributed by atoms with Crippen molar-refractivity contribution in [3.05, 3.63) is 124 Å². The number of fused-ring (bicyclic) bond motifs is 3. The summed E-state index contributed by atoms with van der Waals surface area (Å²) in [5, 5.41) is 26.9. The predicted molar refractivity (Wildman–Crippen MR) is 328 cm³/mol. The van der Waals surface area contributed by atoms with Gasteiger partial charge in [-0.05, 0) is 148 Å². The van der Waals surface area contributed by atoms with Crippen molar-refractivity contribution >= 4 is 61.2 Å². The first-order chi connectivity index (χ1) is 41.5. The minimum atomic E-state index is -4.65. The molecule has 0 radical (unpaired) electrons. The Morgan fingerprint density at radius 3 is 2.48 bits per heavy atom. The normalized spacial score (nSPS) is 26.1. The van der Waals surface area contributed by atoms with Crippen LogP contribution in [0.1, 0.15) is 98.3 Å². The number of aryl methyl sites for hydroxylation is 1. The van der Waals surface area contributed by atoms with E-state index in [2.05, 4.69) is 83.7 Å². The third-order valence-electron chi connectivity index (χ3n) is 20.1. The summed E-state index contributed by atoms with van der Waals surface area (Å²) in [7, 11) is -2.93. The molecule has 8 heterocycles. The summed E-state index contributed by atoms with van der Waals surface area (Å²) in [5.41, 5.74) is 5.77. The Labute approximate surface area is 502 Å². The molecule has 13 rings (SSSR count). The van der Waals surface area contributed by atoms with Crippen LogP contribution < -0.4 is 34.2 Å². The second-order valence-corrected chi connectivity index (χ2v) is 27.0. The van der Waals surface area contributed by atoms with Crippen molar-refractivity contribution in [2.45, 2.75) is 113 Å². The molecule has 0 unspecified atom stereocenters. The highest BCUT2D eigenvalue weighted by Gasteiger charge is 2.55. The van der Waals surface area contributed by atoms with Gasteiger partial charge >= 0.3 is 0 Å². The molecule has 456 valence electrons. The number of nitrogens with one attached hydrogen (secondary N) is 3. The van der Waals surface area contributed by atoms with Crippen molar-refractivity contribution < 1.29 is 42.2 Å². The molecule has 21 nitrogen and oxygen atoms in total. The number of nitrogens with zero attached hydrogens (tertiary/aromatic N) is 8. The highest BCUT2D eigenvalue weighted by molar-refractivity contribution is 7.90. The fourth-order valence-corrected chi connectivity index (χ4v) is 15.9. The number of amides is 1. The molecular formula is C64H79N11O10S. The molecule has 22 heteroatoms. The van der Waals surface area contributed by atoms with E-state index in [-0.39, 0.29) is 34.7 Å². The van der Waals surface area contributed by atoms with Crippen molar-refractivity contribution in [1.82, 2.24) is 29.5 Å². The fraction of sp³-hybridized carbons (Fsp3) is 0.516. The van der Waals surface area contributed by atoms with Crippen LogP contribution in [-0.2, 0) is 26.0 Å². The second kappa shape index (κ2) is 23.5. The molecular weight excluding hydrogens is 1110 g/mol. The summed E-state index contributed by atoms with van der Waals surface area (Å²) in [6.45, 7) is 15.8. The van der Waals surface area contributed by atoms with E-state index in [1.807, 2.05) is 43.6 Å². The van der Waals surface area contributed by atoms with Crippen LogP contribution in [0.3, 0.4) is 0 Å². The number of rotatable bonds is 15. The molecule has 5 atom stereocenters. The van der Waals surface area contributed by atoms with E-state index in [4.69, 9.17) is 28.9 Å². The highest BCUT2D eigenvalue weighted by atomic mass is 32.2. The van der Waals surface area contributed by atoms with Crippen LogP contribution in [0.4, 0.5) is 34.3 Å². The first-order valence-corrected chi connectivity index (χ1v) is 32.1. The number of nitro benzene ring substituents is 1. The van der Waals surface area contributed by atoms with Gasteiger partial charge in [0.25, 0.3) is 21.6 Å². The molecule has 6 fully saturated rings. The maximum atomic E-state index is 14.9. The lowest BCUT2D eigenvalue weighted by molar-refractivity contribution is -0.384. The molecule has 6 aromatic rings. The van der Waals surface area contributed by atoms with E-state index in [1.165, 1.54) is 23.3 Å². The summed E-state index contributed by atoms with van der Waals surface area (Å²) < 4.78 is 55.0. The van der Waals surface area contributed by atoms with Crippen LogP contribution in [0, 0.1) is 34.3 Å². The number of anilines is 5. The Morgan fingerprint density at radius 1 is 0.907 bits per heavy atom. The average Bonchev–Trinajstić information content (AvgIpc) is 1.08. The summed E-state index contributed by atoms with van der Waals surface area (Å²) in [6.07, 6.45) is 9.80. The average molecular weight is 1190 g/mol. The van der Waals surface area contributed by atoms with Gasteiger partial charge in [0.1, 0.15) is 23.1 Å². The minimum Gasteiger partial charge on any atom is -0.493 e. The molecule has 2 aliphatic carbocycles. The number of morpholine rings is 1. The number of aromatic amines is 1. The number of H-pyrrole nitrogens is 1. The molecule has 7 aliphatic rings. The number of nitro groups is 1. The molecule has 0 bridgehead atoms. The highest BCUT2D eigenvalue weighted by Crippen LogP contribution is 2.57. The standard InChI is InChI=1S/C64H79N11O10S/c1-41-7-5-6-8-48(41)56-39-70(38-44-31-57(82-4)60(67-37-44)72-26-29-83-30-27-72)24-25-73(56)55-35-64(42(55)2)19-22-71(23-20-64)46-9-11-49(52(33-46)74-51-16-28-84-40-58(51)85-62-54(74)32-45-15-21-65-59(45)68-62)61(76)69-86(80,81)47-10-12-50(53(34-47)75(78)79)66-36-43-13-17-63(3,77)18-14-43/h5-12,15,21,31-34,37,42-43,51,55-56,58,66,77H,13-14,16-20,22-30,35-36,38-40H2,1-4H3,(H,65,68)(H,69,76)/t42-,43-,51-,55-,56-,58-,63-/m0/s1. The summed E-state index contributed by atoms with van der Waals surface area (Å²) >= 11 is 0. The zero-order chi connectivity index (χ0) is 59.5. The minimum absolute atomic E-state index is 0.106. The van der Waals surface area contributed by atoms with Crippen molar-refractivity contribution in [2.24, 2.45) is 17.3 Å². The van der Waals surface area contributed by atoms with E-state index < -0.39 is 43.1 Å². The topological polar surface area (TPSA) is 233 Å². The quantitative estimate of drug-likeness (QED) is 0.0556. The molecule has 3 aromatic heterocycles. The lowest BCUT2D eigenvalue weighted by atomic mass is 9.53. The van der Waals surface area contributed by atoms with Gasteiger partial charge in [0.15, 0.2) is 11.6 Å². The molecule has 86 heavy (non-hydrogen) atoms. The fourth-order valence-electron chi connectivity index (χ4n) is 15.0. The number of carbonyl (C=O) groups excluding carboxylic acids is 1. The maximum Gasteiger partial charge on any atom is 0.293 e. The number of hydrogen-bond donors (Lipinski definition) is 4. The van der Waals surface area contributed by atoms with Gasteiger partial charge in [-0.3, -0.25) is 24.7 Å². The number of ether oxygens (including phenoxy) is 4. The molecule has 1 amide bonds. The van der Waals surface area contributed by atoms with Gasteiger partial charge in [-0.2, -0.15) is 4.98 Å². The zero-order valence-corrected chi connectivity index (χ0v) is 50.4. The van der Waals surface area contributed by atoms with Crippen LogP contribution in [0.25, 0.3) is 11.0 Å². The van der Waals surface area contributed by atoms with E-state index >= 15 is 0 Å². The Balaban J connectivity index is 0.745. The number of piperidine rings is 1. The van der Waals surface area contributed by atoms with Gasteiger partial charge in [0.05, 0.1) is 59.6 Å². The lowest BCUT2D eigenvalue weighted by Gasteiger charge is -2.62. The number of benzene rings is 3. The van der Waals surface area contributed by atoms with Crippen molar-refractivity contribution in [2.75, 3.05) is 106 Å². The van der Waals surface area contributed by atoms with E-state index in [9.17, 15) is 28.4 Å². The van der Waals surface area contributed by atoms with Gasteiger partial charge in [-0.1, -0.05) is 31.2 Å². The van der Waals surface area contributed by atoms with E-state index in [0.29, 0.717) is 87.1 Å². The molecule has 2 saturated carbocycles. The smallest absolute Gasteiger partial charge is 0.293 e. The Hall–Kier alpha value is -7.08. The zero-order valence-electron chi connectivity index (χ0n) is 49.6. The number of aliphatic hydroxyl groups is 1. The number of methoxy groups -OCH3 is 1. The van der Waals surface area contributed by atoms with Crippen LogP contribution in [0.2, 0.25) is 0 Å². The van der Waals surface area contributed by atoms with Crippen LogP contribution in [0.5, 0.6) is 11.6 Å². The first-order valence-electron chi connectivity index (χ1n) is 30.7.